The third kappa shape index (κ3) is 7.59. The van der Waals surface area contributed by atoms with E-state index in [0.717, 1.165) is 12.5 Å². The van der Waals surface area contributed by atoms with Gasteiger partial charge in [0.2, 0.25) is 5.91 Å². The summed E-state index contributed by atoms with van der Waals surface area (Å²) in [4.78, 5) is 11.6. The molecule has 3 N–H and O–H groups in total. The fourth-order valence-corrected chi connectivity index (χ4v) is 2.19. The van der Waals surface area contributed by atoms with Crippen LogP contribution in [0.5, 0.6) is 5.75 Å². The van der Waals surface area contributed by atoms with E-state index in [-0.39, 0.29) is 38.0 Å². The van der Waals surface area contributed by atoms with Crippen LogP contribution in [0.15, 0.2) is 18.2 Å². The molecule has 23 heavy (non-hydrogen) atoms. The van der Waals surface area contributed by atoms with Gasteiger partial charge in [-0.3, -0.25) is 4.79 Å². The summed E-state index contributed by atoms with van der Waals surface area (Å²) in [5.74, 6) is 1.00. The average molecular weight is 384 g/mol. The van der Waals surface area contributed by atoms with Crippen LogP contribution in [0.2, 0.25) is 10.0 Å². The second-order valence-electron chi connectivity index (χ2n) is 5.40. The molecule has 1 amide bonds. The Morgan fingerprint density at radius 3 is 2.83 bits per heavy atom. The van der Waals surface area contributed by atoms with Crippen molar-refractivity contribution in [2.24, 2.45) is 5.92 Å². The molecule has 0 aromatic heterocycles. The molecule has 1 aromatic carbocycles. The summed E-state index contributed by atoms with van der Waals surface area (Å²) in [7, 11) is 0. The first-order valence-electron chi connectivity index (χ1n) is 7.28. The predicted molar refractivity (Wildman–Crippen MR) is 93.8 cm³/mol. The molecule has 1 aliphatic rings. The highest BCUT2D eigenvalue weighted by Gasteiger charge is 2.20. The molecule has 1 fully saturated rings. The Hall–Kier alpha value is -0.720. The second-order valence-corrected chi connectivity index (χ2v) is 6.18. The number of halogens is 3. The van der Waals surface area contributed by atoms with E-state index >= 15 is 0 Å². The van der Waals surface area contributed by atoms with Crippen molar-refractivity contribution in [3.05, 3.63) is 28.2 Å². The largest absolute Gasteiger partial charge is 0.489 e. The minimum Gasteiger partial charge on any atom is -0.489 e. The summed E-state index contributed by atoms with van der Waals surface area (Å²) in [6.45, 7) is 1.30. The van der Waals surface area contributed by atoms with Crippen molar-refractivity contribution in [3.63, 3.8) is 0 Å². The average Bonchev–Trinajstić information content (AvgIpc) is 3.31. The first kappa shape index (κ1) is 20.3. The fourth-order valence-electron chi connectivity index (χ4n) is 1.85. The van der Waals surface area contributed by atoms with E-state index in [2.05, 4.69) is 10.6 Å². The molecular weight excluding hydrogens is 363 g/mol. The van der Waals surface area contributed by atoms with Crippen molar-refractivity contribution < 1.29 is 14.6 Å². The SMILES string of the molecule is Cl.O=C(CNCC1CC1)NCC(O)COc1cccc(Cl)c1Cl. The Labute approximate surface area is 152 Å². The van der Waals surface area contributed by atoms with Crippen molar-refractivity contribution in [2.45, 2.75) is 18.9 Å². The lowest BCUT2D eigenvalue weighted by Crippen LogP contribution is -2.40. The van der Waals surface area contributed by atoms with E-state index in [1.54, 1.807) is 18.2 Å². The number of aliphatic hydroxyl groups excluding tert-OH is 1. The Kier molecular flexibility index (Phi) is 9.02. The molecule has 0 bridgehead atoms. The Bertz CT molecular complexity index is 513. The summed E-state index contributed by atoms with van der Waals surface area (Å²) in [6, 6.07) is 5.03. The molecule has 1 unspecified atom stereocenters. The maximum absolute atomic E-state index is 11.6. The minimum atomic E-state index is -0.817. The molecular formula is C15H21Cl3N2O3. The number of carbonyl (C=O) groups excluding carboxylic acids is 1. The molecule has 5 nitrogen and oxygen atoms in total. The van der Waals surface area contributed by atoms with Gasteiger partial charge in [0, 0.05) is 6.54 Å². The van der Waals surface area contributed by atoms with Gasteiger partial charge in [-0.15, -0.1) is 12.4 Å². The van der Waals surface area contributed by atoms with Gasteiger partial charge in [0.05, 0.1) is 11.6 Å². The van der Waals surface area contributed by atoms with Gasteiger partial charge in [-0.05, 0) is 37.4 Å². The highest BCUT2D eigenvalue weighted by molar-refractivity contribution is 6.42. The lowest BCUT2D eigenvalue weighted by Gasteiger charge is -2.14. The van der Waals surface area contributed by atoms with E-state index in [4.69, 9.17) is 27.9 Å². The van der Waals surface area contributed by atoms with Gasteiger partial charge < -0.3 is 20.5 Å². The summed E-state index contributed by atoms with van der Waals surface area (Å²) in [6.07, 6.45) is 1.68. The van der Waals surface area contributed by atoms with E-state index in [1.807, 2.05) is 0 Å². The Morgan fingerprint density at radius 1 is 1.39 bits per heavy atom. The van der Waals surface area contributed by atoms with E-state index in [9.17, 15) is 9.90 Å². The summed E-state index contributed by atoms with van der Waals surface area (Å²) in [5.41, 5.74) is 0. The van der Waals surface area contributed by atoms with Crippen molar-refractivity contribution in [1.82, 2.24) is 10.6 Å². The van der Waals surface area contributed by atoms with Crippen LogP contribution in [0.25, 0.3) is 0 Å². The number of ether oxygens (including phenoxy) is 1. The molecule has 0 saturated heterocycles. The van der Waals surface area contributed by atoms with Crippen LogP contribution in [0, 0.1) is 5.92 Å². The van der Waals surface area contributed by atoms with Crippen LogP contribution in [0.1, 0.15) is 12.8 Å². The van der Waals surface area contributed by atoms with E-state index < -0.39 is 6.10 Å². The van der Waals surface area contributed by atoms with Gasteiger partial charge in [0.15, 0.2) is 0 Å². The number of amides is 1. The van der Waals surface area contributed by atoms with Gasteiger partial charge in [-0.25, -0.2) is 0 Å². The predicted octanol–water partition coefficient (Wildman–Crippen LogP) is 2.27. The third-order valence-electron chi connectivity index (χ3n) is 3.30. The number of benzene rings is 1. The van der Waals surface area contributed by atoms with Crippen LogP contribution < -0.4 is 15.4 Å². The number of carbonyl (C=O) groups is 1. The number of hydrogen-bond acceptors (Lipinski definition) is 4. The van der Waals surface area contributed by atoms with Gasteiger partial charge >= 0.3 is 0 Å². The summed E-state index contributed by atoms with van der Waals surface area (Å²) >= 11 is 11.8. The molecule has 0 spiro atoms. The zero-order chi connectivity index (χ0) is 15.9. The quantitative estimate of drug-likeness (QED) is 0.612. The standard InChI is InChI=1S/C15H20Cl2N2O3.ClH/c16-12-2-1-3-13(15(12)17)22-9-11(20)7-19-14(21)8-18-6-10-4-5-10;/h1-3,10-11,18,20H,4-9H2,(H,19,21);1H. The van der Waals surface area contributed by atoms with Gasteiger partial charge in [-0.1, -0.05) is 29.3 Å². The molecule has 8 heteroatoms. The maximum Gasteiger partial charge on any atom is 0.234 e. The van der Waals surface area contributed by atoms with Crippen LogP contribution >= 0.6 is 35.6 Å². The first-order chi connectivity index (χ1) is 10.6. The van der Waals surface area contributed by atoms with Crippen molar-refractivity contribution in [2.75, 3.05) is 26.2 Å². The Morgan fingerprint density at radius 2 is 2.13 bits per heavy atom. The van der Waals surface area contributed by atoms with Crippen LogP contribution in [0.4, 0.5) is 0 Å². The molecule has 0 heterocycles. The van der Waals surface area contributed by atoms with Crippen molar-refractivity contribution in [1.29, 1.82) is 0 Å². The third-order valence-corrected chi connectivity index (χ3v) is 4.10. The Balaban J connectivity index is 0.00000264. The topological polar surface area (TPSA) is 70.6 Å². The zero-order valence-corrected chi connectivity index (χ0v) is 14.9. The summed E-state index contributed by atoms with van der Waals surface area (Å²) < 4.78 is 5.40. The molecule has 1 saturated carbocycles. The maximum atomic E-state index is 11.6. The molecule has 2 rings (SSSR count). The van der Waals surface area contributed by atoms with Crippen LogP contribution in [-0.2, 0) is 4.79 Å². The van der Waals surface area contributed by atoms with Crippen molar-refractivity contribution >= 4 is 41.5 Å². The van der Waals surface area contributed by atoms with Crippen LogP contribution in [0.3, 0.4) is 0 Å². The van der Waals surface area contributed by atoms with Crippen LogP contribution in [-0.4, -0.2) is 43.4 Å². The lowest BCUT2D eigenvalue weighted by molar-refractivity contribution is -0.120. The fraction of sp³-hybridized carbons (Fsp3) is 0.533. The highest BCUT2D eigenvalue weighted by Crippen LogP contribution is 2.31. The highest BCUT2D eigenvalue weighted by atomic mass is 35.5. The second kappa shape index (κ2) is 10.2. The van der Waals surface area contributed by atoms with E-state index in [1.165, 1.54) is 12.8 Å². The molecule has 0 aliphatic heterocycles. The number of hydrogen-bond donors (Lipinski definition) is 3. The minimum absolute atomic E-state index is 0. The number of rotatable bonds is 9. The molecule has 1 atom stereocenters. The first-order valence-corrected chi connectivity index (χ1v) is 8.04. The normalized spacial score (nSPS) is 14.7. The number of nitrogens with one attached hydrogen (secondary N) is 2. The monoisotopic (exact) mass is 382 g/mol. The molecule has 0 radical (unpaired) electrons. The van der Waals surface area contributed by atoms with Crippen molar-refractivity contribution in [3.8, 4) is 5.75 Å². The summed E-state index contributed by atoms with van der Waals surface area (Å²) in [5, 5.41) is 16.2. The van der Waals surface area contributed by atoms with Gasteiger partial charge in [0.1, 0.15) is 23.5 Å². The smallest absolute Gasteiger partial charge is 0.234 e. The zero-order valence-electron chi connectivity index (χ0n) is 12.6. The van der Waals surface area contributed by atoms with Gasteiger partial charge in [0.25, 0.3) is 0 Å². The van der Waals surface area contributed by atoms with Gasteiger partial charge in [-0.2, -0.15) is 0 Å². The van der Waals surface area contributed by atoms with E-state index in [0.29, 0.717) is 15.8 Å². The molecule has 130 valence electrons. The lowest BCUT2D eigenvalue weighted by atomic mass is 10.3. The molecule has 1 aromatic rings. The number of aliphatic hydroxyl groups is 1. The molecule has 1 aliphatic carbocycles.